The quantitative estimate of drug-likeness (QED) is 0.586. The highest BCUT2D eigenvalue weighted by Crippen LogP contribution is 2.14. The third-order valence-corrected chi connectivity index (χ3v) is 1.75. The first-order chi connectivity index (χ1) is 8.00. The Balaban J connectivity index is 0.00000121. The Hall–Kier alpha value is -1.84. The van der Waals surface area contributed by atoms with Gasteiger partial charge in [0.15, 0.2) is 0 Å². The number of benzene rings is 1. The van der Waals surface area contributed by atoms with E-state index in [1.165, 1.54) is 11.8 Å². The van der Waals surface area contributed by atoms with E-state index in [2.05, 4.69) is 0 Å². The maximum atomic E-state index is 11.6. The van der Waals surface area contributed by atoms with Gasteiger partial charge in [0, 0.05) is 26.6 Å². The fraction of sp³-hybridized carbons (Fsp3) is 0.385. The summed E-state index contributed by atoms with van der Waals surface area (Å²) < 4.78 is 4.88. The molecule has 0 fully saturated rings. The maximum Gasteiger partial charge on any atom is 0.308 e. The van der Waals surface area contributed by atoms with Crippen molar-refractivity contribution < 1.29 is 14.3 Å². The van der Waals surface area contributed by atoms with Gasteiger partial charge in [0.1, 0.15) is 5.75 Å². The average molecular weight is 237 g/mol. The van der Waals surface area contributed by atoms with Crippen molar-refractivity contribution in [3.63, 3.8) is 0 Å². The number of carbonyl (C=O) groups is 2. The molecule has 0 aromatic heterocycles. The number of rotatable bonds is 2. The highest BCUT2D eigenvalue weighted by atomic mass is 16.5. The van der Waals surface area contributed by atoms with E-state index in [0.29, 0.717) is 11.3 Å². The molecule has 0 spiro atoms. The van der Waals surface area contributed by atoms with Crippen molar-refractivity contribution in [1.29, 1.82) is 0 Å². The fourth-order valence-corrected chi connectivity index (χ4v) is 1.12. The number of hydrogen-bond acceptors (Lipinski definition) is 3. The van der Waals surface area contributed by atoms with Crippen molar-refractivity contribution >= 4 is 11.9 Å². The fourth-order valence-electron chi connectivity index (χ4n) is 1.12. The lowest BCUT2D eigenvalue weighted by molar-refractivity contribution is -0.131. The summed E-state index contributed by atoms with van der Waals surface area (Å²) in [7, 11) is 3.33. The van der Waals surface area contributed by atoms with Crippen LogP contribution < -0.4 is 4.74 Å². The molecule has 0 heterocycles. The van der Waals surface area contributed by atoms with Crippen LogP contribution in [0.3, 0.4) is 0 Å². The second-order valence-electron chi connectivity index (χ2n) is 3.32. The molecule has 1 amide bonds. The first-order valence-corrected chi connectivity index (χ1v) is 5.51. The van der Waals surface area contributed by atoms with Crippen molar-refractivity contribution in [2.45, 2.75) is 20.8 Å². The average Bonchev–Trinajstić information content (AvgIpc) is 2.30. The molecule has 0 aliphatic heterocycles. The van der Waals surface area contributed by atoms with Gasteiger partial charge in [0.2, 0.25) is 0 Å². The van der Waals surface area contributed by atoms with Crippen LogP contribution in [0.5, 0.6) is 5.75 Å². The van der Waals surface area contributed by atoms with Crippen LogP contribution in [0.25, 0.3) is 0 Å². The van der Waals surface area contributed by atoms with Gasteiger partial charge in [-0.2, -0.15) is 0 Å². The van der Waals surface area contributed by atoms with Gasteiger partial charge >= 0.3 is 5.97 Å². The van der Waals surface area contributed by atoms with Gasteiger partial charge in [-0.05, 0) is 18.2 Å². The number of carbonyl (C=O) groups excluding carboxylic acids is 2. The molecular formula is C13H19NO3. The summed E-state index contributed by atoms with van der Waals surface area (Å²) in [6, 6.07) is 6.53. The predicted molar refractivity (Wildman–Crippen MR) is 67.1 cm³/mol. The summed E-state index contributed by atoms with van der Waals surface area (Å²) >= 11 is 0. The monoisotopic (exact) mass is 237 g/mol. The number of amides is 1. The van der Waals surface area contributed by atoms with Gasteiger partial charge < -0.3 is 9.64 Å². The largest absolute Gasteiger partial charge is 0.427 e. The lowest BCUT2D eigenvalue weighted by atomic mass is 10.2. The summed E-state index contributed by atoms with van der Waals surface area (Å²) in [6.07, 6.45) is 0. The molecule has 4 heteroatoms. The highest BCUT2D eigenvalue weighted by molar-refractivity contribution is 5.94. The van der Waals surface area contributed by atoms with Gasteiger partial charge in [-0.15, -0.1) is 0 Å². The Labute approximate surface area is 102 Å². The molecule has 0 atom stereocenters. The molecule has 0 saturated heterocycles. The van der Waals surface area contributed by atoms with E-state index in [0.717, 1.165) is 0 Å². The number of ether oxygens (including phenoxy) is 1. The van der Waals surface area contributed by atoms with Crippen LogP contribution >= 0.6 is 0 Å². The molecule has 0 aliphatic carbocycles. The zero-order valence-electron chi connectivity index (χ0n) is 11.0. The molecule has 94 valence electrons. The van der Waals surface area contributed by atoms with E-state index in [9.17, 15) is 9.59 Å². The van der Waals surface area contributed by atoms with Crippen LogP contribution in [0.2, 0.25) is 0 Å². The number of esters is 1. The summed E-state index contributed by atoms with van der Waals surface area (Å²) in [5, 5.41) is 0. The normalized spacial score (nSPS) is 8.76. The van der Waals surface area contributed by atoms with E-state index in [1.807, 2.05) is 13.8 Å². The molecular weight excluding hydrogens is 218 g/mol. The van der Waals surface area contributed by atoms with Crippen LogP contribution in [0.1, 0.15) is 31.1 Å². The third-order valence-electron chi connectivity index (χ3n) is 1.75. The molecule has 1 rings (SSSR count). The number of nitrogens with zero attached hydrogens (tertiary/aromatic N) is 1. The zero-order chi connectivity index (χ0) is 13.4. The van der Waals surface area contributed by atoms with Crippen LogP contribution in [0.15, 0.2) is 24.3 Å². The topological polar surface area (TPSA) is 46.6 Å². The van der Waals surface area contributed by atoms with Gasteiger partial charge in [-0.3, -0.25) is 9.59 Å². The minimum Gasteiger partial charge on any atom is -0.427 e. The number of hydrogen-bond donors (Lipinski definition) is 0. The molecule has 0 unspecified atom stereocenters. The van der Waals surface area contributed by atoms with E-state index in [1.54, 1.807) is 38.4 Å². The lowest BCUT2D eigenvalue weighted by Crippen LogP contribution is -2.21. The van der Waals surface area contributed by atoms with Gasteiger partial charge in [-0.25, -0.2) is 0 Å². The molecule has 1 aromatic carbocycles. The van der Waals surface area contributed by atoms with Crippen molar-refractivity contribution in [1.82, 2.24) is 4.90 Å². The third kappa shape index (κ3) is 5.15. The summed E-state index contributed by atoms with van der Waals surface area (Å²) in [6.45, 7) is 5.32. The van der Waals surface area contributed by atoms with Crippen molar-refractivity contribution in [2.75, 3.05) is 14.1 Å². The Kier molecular flexibility index (Phi) is 6.63. The van der Waals surface area contributed by atoms with Crippen LogP contribution in [0.4, 0.5) is 0 Å². The molecule has 0 N–H and O–H groups in total. The molecule has 4 nitrogen and oxygen atoms in total. The first-order valence-electron chi connectivity index (χ1n) is 5.51. The SMILES string of the molecule is CC.CC(=O)Oc1cccc(C(=O)N(C)C)c1. The Morgan fingerprint density at radius 3 is 2.24 bits per heavy atom. The Morgan fingerprint density at radius 2 is 1.76 bits per heavy atom. The summed E-state index contributed by atoms with van der Waals surface area (Å²) in [4.78, 5) is 23.7. The lowest BCUT2D eigenvalue weighted by Gasteiger charge is -2.10. The predicted octanol–water partition coefficient (Wildman–Crippen LogP) is 2.34. The molecule has 0 radical (unpaired) electrons. The van der Waals surface area contributed by atoms with Crippen LogP contribution in [-0.2, 0) is 4.79 Å². The van der Waals surface area contributed by atoms with Crippen molar-refractivity contribution in [3.05, 3.63) is 29.8 Å². The van der Waals surface area contributed by atoms with E-state index in [4.69, 9.17) is 4.74 Å². The van der Waals surface area contributed by atoms with Crippen molar-refractivity contribution in [3.8, 4) is 5.75 Å². The standard InChI is InChI=1S/C11H13NO3.C2H6/c1-8(13)15-10-6-4-5-9(7-10)11(14)12(2)3;1-2/h4-7H,1-3H3;1-2H3. The zero-order valence-corrected chi connectivity index (χ0v) is 11.0. The molecule has 0 aliphatic rings. The molecule has 0 saturated carbocycles. The smallest absolute Gasteiger partial charge is 0.308 e. The van der Waals surface area contributed by atoms with Crippen LogP contribution in [-0.4, -0.2) is 30.9 Å². The van der Waals surface area contributed by atoms with Gasteiger partial charge in [0.25, 0.3) is 5.91 Å². The molecule has 0 bridgehead atoms. The van der Waals surface area contributed by atoms with Gasteiger partial charge in [-0.1, -0.05) is 19.9 Å². The minimum atomic E-state index is -0.399. The maximum absolute atomic E-state index is 11.6. The second-order valence-corrected chi connectivity index (χ2v) is 3.32. The van der Waals surface area contributed by atoms with E-state index < -0.39 is 5.97 Å². The Morgan fingerprint density at radius 1 is 1.18 bits per heavy atom. The Bertz CT molecular complexity index is 386. The molecule has 17 heavy (non-hydrogen) atoms. The van der Waals surface area contributed by atoms with E-state index in [-0.39, 0.29) is 5.91 Å². The summed E-state index contributed by atoms with van der Waals surface area (Å²) in [5.74, 6) is -0.136. The molecule has 1 aromatic rings. The highest BCUT2D eigenvalue weighted by Gasteiger charge is 2.08. The minimum absolute atomic E-state index is 0.121. The van der Waals surface area contributed by atoms with E-state index >= 15 is 0 Å². The van der Waals surface area contributed by atoms with Gasteiger partial charge in [0.05, 0.1) is 0 Å². The first kappa shape index (κ1) is 15.2. The van der Waals surface area contributed by atoms with Crippen molar-refractivity contribution in [2.24, 2.45) is 0 Å². The summed E-state index contributed by atoms with van der Waals surface area (Å²) in [5.41, 5.74) is 0.499. The van der Waals surface area contributed by atoms with Crippen LogP contribution in [0, 0.1) is 0 Å². The second kappa shape index (κ2) is 7.44.